The molecule has 6 aromatic rings. The van der Waals surface area contributed by atoms with Crippen molar-refractivity contribution in [2.45, 2.75) is 25.9 Å². The molecule has 0 saturated carbocycles. The normalized spacial score (nSPS) is 14.2. The third-order valence-electron chi connectivity index (χ3n) is 8.04. The fourth-order valence-electron chi connectivity index (χ4n) is 5.94. The average molecular weight is 604 g/mol. The summed E-state index contributed by atoms with van der Waals surface area (Å²) in [5.74, 6) is 1.74. The van der Waals surface area contributed by atoms with Crippen LogP contribution in [0.25, 0.3) is 32.7 Å². The van der Waals surface area contributed by atoms with E-state index in [1.54, 1.807) is 0 Å². The molecular weight excluding hydrogens is 573 g/mol. The second-order valence-corrected chi connectivity index (χ2v) is 11.8. The molecular formula is C36H31CuNO2P+2. The molecule has 7 rings (SSSR count). The van der Waals surface area contributed by atoms with Gasteiger partial charge in [0.2, 0.25) is 0 Å². The van der Waals surface area contributed by atoms with Gasteiger partial charge in [0.1, 0.15) is 0 Å². The van der Waals surface area contributed by atoms with Gasteiger partial charge in [-0.25, -0.2) is 0 Å². The maximum Gasteiger partial charge on any atom is 1.00 e. The third kappa shape index (κ3) is 5.03. The van der Waals surface area contributed by atoms with Crippen molar-refractivity contribution in [2.75, 3.05) is 0 Å². The third-order valence-corrected chi connectivity index (χ3v) is 10.0. The van der Waals surface area contributed by atoms with Gasteiger partial charge >= 0.3 is 25.6 Å². The predicted molar refractivity (Wildman–Crippen MR) is 168 cm³/mol. The van der Waals surface area contributed by atoms with Crippen LogP contribution in [0.2, 0.25) is 0 Å². The van der Waals surface area contributed by atoms with Crippen LogP contribution < -0.4 is 9.05 Å². The molecule has 41 heavy (non-hydrogen) atoms. The van der Waals surface area contributed by atoms with Crippen LogP contribution >= 0.6 is 8.53 Å². The van der Waals surface area contributed by atoms with Crippen LogP contribution in [0, 0.1) is 0 Å². The van der Waals surface area contributed by atoms with Crippen molar-refractivity contribution < 1.29 is 26.1 Å². The summed E-state index contributed by atoms with van der Waals surface area (Å²) >= 11 is 0. The van der Waals surface area contributed by atoms with Crippen LogP contribution in [-0.4, -0.2) is 4.67 Å². The number of hydrogen-bond acceptors (Lipinski definition) is 3. The van der Waals surface area contributed by atoms with Gasteiger partial charge in [-0.2, -0.15) is 0 Å². The molecule has 6 aromatic carbocycles. The molecule has 0 N–H and O–H groups in total. The molecule has 1 aliphatic heterocycles. The van der Waals surface area contributed by atoms with Crippen molar-refractivity contribution in [1.82, 2.24) is 4.67 Å². The van der Waals surface area contributed by atoms with Gasteiger partial charge in [0, 0.05) is 11.1 Å². The van der Waals surface area contributed by atoms with Crippen molar-refractivity contribution in [1.29, 1.82) is 0 Å². The average Bonchev–Trinajstić information content (AvgIpc) is 3.19. The molecule has 1 aliphatic rings. The summed E-state index contributed by atoms with van der Waals surface area (Å²) in [6.45, 7) is 4.51. The Hall–Kier alpha value is -3.65. The molecule has 0 amide bonds. The quantitative estimate of drug-likeness (QED) is 0.144. The molecule has 0 radical (unpaired) electrons. The number of fused-ring (bicyclic) bond motifs is 7. The minimum Gasteiger partial charge on any atom is -0.292 e. The molecule has 0 saturated heterocycles. The van der Waals surface area contributed by atoms with Crippen LogP contribution in [0.3, 0.4) is 0 Å². The summed E-state index contributed by atoms with van der Waals surface area (Å²) in [5.41, 5.74) is 4.67. The van der Waals surface area contributed by atoms with Crippen LogP contribution in [-0.2, 0) is 17.1 Å². The first-order chi connectivity index (χ1) is 19.7. The molecule has 0 bridgehead atoms. The topological polar surface area (TPSA) is 21.7 Å². The zero-order chi connectivity index (χ0) is 27.1. The van der Waals surface area contributed by atoms with Crippen molar-refractivity contribution in [3.63, 3.8) is 0 Å². The fraction of sp³-hybridized carbons (Fsp3) is 0.111. The van der Waals surface area contributed by atoms with E-state index in [1.807, 2.05) is 0 Å². The SMILES string of the molecule is C[C@@H](c1ccccc1)N([C@@H](C)c1ccccc1)[PH+]1Oc2ccc3ccccc3c2-c2c(ccc3ccccc23)O1.[Cu+]. The Kier molecular flexibility index (Phi) is 7.84. The van der Waals surface area contributed by atoms with Gasteiger partial charge in [0.25, 0.3) is 0 Å². The Balaban J connectivity index is 0.00000302. The van der Waals surface area contributed by atoms with Gasteiger partial charge in [0.05, 0.1) is 12.1 Å². The molecule has 206 valence electrons. The monoisotopic (exact) mass is 603 g/mol. The van der Waals surface area contributed by atoms with Gasteiger partial charge in [-0.15, -0.1) is 4.67 Å². The Morgan fingerprint density at radius 3 is 1.32 bits per heavy atom. The molecule has 0 unspecified atom stereocenters. The Labute approximate surface area is 253 Å². The second-order valence-electron chi connectivity index (χ2n) is 10.4. The summed E-state index contributed by atoms with van der Waals surface area (Å²) in [4.78, 5) is 0. The van der Waals surface area contributed by atoms with Crippen LogP contribution in [0.4, 0.5) is 0 Å². The van der Waals surface area contributed by atoms with Gasteiger partial charge < -0.3 is 0 Å². The first kappa shape index (κ1) is 27.5. The van der Waals surface area contributed by atoms with E-state index in [0.29, 0.717) is 0 Å². The van der Waals surface area contributed by atoms with E-state index < -0.39 is 8.53 Å². The zero-order valence-electron chi connectivity index (χ0n) is 22.9. The van der Waals surface area contributed by atoms with Gasteiger partial charge in [-0.1, -0.05) is 121 Å². The number of benzene rings is 6. The zero-order valence-corrected chi connectivity index (χ0v) is 24.9. The van der Waals surface area contributed by atoms with E-state index in [-0.39, 0.29) is 29.2 Å². The Bertz CT molecular complexity index is 1680. The van der Waals surface area contributed by atoms with E-state index in [4.69, 9.17) is 9.05 Å². The first-order valence-electron chi connectivity index (χ1n) is 13.8. The molecule has 1 heterocycles. The first-order valence-corrected chi connectivity index (χ1v) is 15.1. The summed E-state index contributed by atoms with van der Waals surface area (Å²) < 4.78 is 16.5. The van der Waals surface area contributed by atoms with E-state index in [9.17, 15) is 0 Å². The van der Waals surface area contributed by atoms with Crippen LogP contribution in [0.1, 0.15) is 37.1 Å². The minimum absolute atomic E-state index is 0. The van der Waals surface area contributed by atoms with Crippen molar-refractivity contribution in [2.24, 2.45) is 0 Å². The molecule has 5 heteroatoms. The van der Waals surface area contributed by atoms with Gasteiger partial charge in [-0.05, 0) is 58.7 Å². The Morgan fingerprint density at radius 2 is 0.878 bits per heavy atom. The van der Waals surface area contributed by atoms with Crippen LogP contribution in [0.5, 0.6) is 11.5 Å². The molecule has 2 atom stereocenters. The van der Waals surface area contributed by atoms with E-state index in [2.05, 4.69) is 152 Å². The van der Waals surface area contributed by atoms with Crippen molar-refractivity contribution in [3.8, 4) is 22.6 Å². The van der Waals surface area contributed by atoms with Gasteiger partial charge in [-0.3, -0.25) is 9.05 Å². The summed E-state index contributed by atoms with van der Waals surface area (Å²) in [7, 11) is -2.04. The van der Waals surface area contributed by atoms with Crippen molar-refractivity contribution >= 4 is 30.1 Å². The van der Waals surface area contributed by atoms with Crippen LogP contribution in [0.15, 0.2) is 133 Å². The maximum absolute atomic E-state index is 7.05. The van der Waals surface area contributed by atoms with Crippen molar-refractivity contribution in [3.05, 3.63) is 145 Å². The molecule has 0 aromatic heterocycles. The minimum atomic E-state index is -2.04. The van der Waals surface area contributed by atoms with Gasteiger partial charge in [0.15, 0.2) is 11.5 Å². The predicted octanol–water partition coefficient (Wildman–Crippen LogP) is 10.2. The molecule has 0 spiro atoms. The number of nitrogens with zero attached hydrogens (tertiary/aromatic N) is 1. The molecule has 3 nitrogen and oxygen atoms in total. The van der Waals surface area contributed by atoms with E-state index in [1.165, 1.54) is 32.7 Å². The van der Waals surface area contributed by atoms with E-state index in [0.717, 1.165) is 22.6 Å². The second kappa shape index (κ2) is 11.7. The Morgan fingerprint density at radius 1 is 0.488 bits per heavy atom. The molecule has 0 aliphatic carbocycles. The smallest absolute Gasteiger partial charge is 0.292 e. The molecule has 0 fully saturated rings. The fourth-order valence-corrected chi connectivity index (χ4v) is 7.84. The number of hydrogen-bond donors (Lipinski definition) is 0. The van der Waals surface area contributed by atoms with E-state index >= 15 is 0 Å². The summed E-state index contributed by atoms with van der Waals surface area (Å²) in [5, 5.41) is 4.71. The maximum atomic E-state index is 7.05. The summed E-state index contributed by atoms with van der Waals surface area (Å²) in [6, 6.07) is 47.1. The number of rotatable bonds is 5. The largest absolute Gasteiger partial charge is 1.00 e. The standard InChI is InChI=1S/C36H30NO2P.Cu/c1-25(27-13-5-3-6-14-27)37(26(2)28-15-7-4-8-16-28)40-38-33-23-21-29-17-9-11-19-31(29)35(33)36-32-20-12-10-18-30(32)22-24-34(36)39-40;/h3-26H,1-2H3;/q;+1/p+1/t25-,26-;/m0./s1. The summed E-state index contributed by atoms with van der Waals surface area (Å²) in [6.07, 6.45) is 0.